The van der Waals surface area contributed by atoms with Crippen LogP contribution in [0.2, 0.25) is 0 Å². The molecular formula is C15H21NO2. The largest absolute Gasteiger partial charge is 0.491 e. The van der Waals surface area contributed by atoms with E-state index < -0.39 is 0 Å². The summed E-state index contributed by atoms with van der Waals surface area (Å²) in [4.78, 5) is 0. The predicted octanol–water partition coefficient (Wildman–Crippen LogP) is 3.14. The lowest BCUT2D eigenvalue weighted by molar-refractivity contribution is -0.0508. The van der Waals surface area contributed by atoms with Crippen molar-refractivity contribution in [3.8, 4) is 5.75 Å². The summed E-state index contributed by atoms with van der Waals surface area (Å²) in [5, 5.41) is 0. The maximum Gasteiger partial charge on any atom is 0.119 e. The number of nitrogen functional groups attached to an aromatic ring is 1. The summed E-state index contributed by atoms with van der Waals surface area (Å²) in [6, 6.07) is 7.55. The number of hydrogen-bond donors (Lipinski definition) is 1. The van der Waals surface area contributed by atoms with Crippen molar-refractivity contribution in [3.05, 3.63) is 24.3 Å². The average molecular weight is 247 g/mol. The number of ether oxygens (including phenoxy) is 2. The van der Waals surface area contributed by atoms with Gasteiger partial charge in [0.1, 0.15) is 12.4 Å². The van der Waals surface area contributed by atoms with Gasteiger partial charge in [-0.05, 0) is 49.9 Å². The fourth-order valence-electron chi connectivity index (χ4n) is 3.15. The zero-order valence-corrected chi connectivity index (χ0v) is 10.7. The summed E-state index contributed by atoms with van der Waals surface area (Å²) < 4.78 is 12.0. The van der Waals surface area contributed by atoms with Gasteiger partial charge in [-0.3, -0.25) is 0 Å². The maximum absolute atomic E-state index is 6.21. The van der Waals surface area contributed by atoms with Crippen LogP contribution >= 0.6 is 0 Å². The molecule has 1 heterocycles. The van der Waals surface area contributed by atoms with Gasteiger partial charge in [-0.1, -0.05) is 12.8 Å². The quantitative estimate of drug-likeness (QED) is 0.834. The van der Waals surface area contributed by atoms with Gasteiger partial charge in [0.25, 0.3) is 0 Å². The third-order valence-electron chi connectivity index (χ3n) is 4.17. The first-order valence-electron chi connectivity index (χ1n) is 6.92. The van der Waals surface area contributed by atoms with Crippen molar-refractivity contribution in [1.29, 1.82) is 0 Å². The van der Waals surface area contributed by atoms with Crippen LogP contribution in [-0.2, 0) is 4.74 Å². The van der Waals surface area contributed by atoms with E-state index in [0.29, 0.717) is 6.61 Å². The normalized spacial score (nSPS) is 25.7. The zero-order chi connectivity index (χ0) is 12.4. The second kappa shape index (κ2) is 4.81. The van der Waals surface area contributed by atoms with Gasteiger partial charge in [-0.2, -0.15) is 0 Å². The summed E-state index contributed by atoms with van der Waals surface area (Å²) in [6.07, 6.45) is 7.74. The lowest BCUT2D eigenvalue weighted by Crippen LogP contribution is -2.27. The van der Waals surface area contributed by atoms with E-state index in [1.54, 1.807) is 0 Å². The minimum Gasteiger partial charge on any atom is -0.491 e. The minimum atomic E-state index is 0.204. The van der Waals surface area contributed by atoms with Gasteiger partial charge in [0, 0.05) is 5.69 Å². The van der Waals surface area contributed by atoms with E-state index in [0.717, 1.165) is 17.9 Å². The monoisotopic (exact) mass is 247 g/mol. The van der Waals surface area contributed by atoms with E-state index in [1.165, 1.54) is 32.1 Å². The van der Waals surface area contributed by atoms with Gasteiger partial charge in [0.15, 0.2) is 0 Å². The molecule has 1 aromatic rings. The Hall–Kier alpha value is -1.22. The Balaban J connectivity index is 1.51. The summed E-state index contributed by atoms with van der Waals surface area (Å²) in [7, 11) is 0. The lowest BCUT2D eigenvalue weighted by atomic mass is 9.98. The molecule has 0 radical (unpaired) electrons. The van der Waals surface area contributed by atoms with Crippen LogP contribution in [0, 0.1) is 0 Å². The van der Waals surface area contributed by atoms with Crippen molar-refractivity contribution in [2.24, 2.45) is 0 Å². The Bertz CT molecular complexity index is 395. The second-order valence-electron chi connectivity index (χ2n) is 5.55. The molecule has 0 aromatic heterocycles. The molecule has 2 aliphatic rings. The van der Waals surface area contributed by atoms with Gasteiger partial charge in [-0.15, -0.1) is 0 Å². The SMILES string of the molecule is Nc1ccc(OCC2CCC3(CCCC3)O2)cc1. The molecule has 18 heavy (non-hydrogen) atoms. The van der Waals surface area contributed by atoms with Crippen LogP contribution in [0.15, 0.2) is 24.3 Å². The molecule has 1 spiro atoms. The van der Waals surface area contributed by atoms with E-state index in [9.17, 15) is 0 Å². The van der Waals surface area contributed by atoms with Gasteiger partial charge in [-0.25, -0.2) is 0 Å². The van der Waals surface area contributed by atoms with Gasteiger partial charge >= 0.3 is 0 Å². The number of benzene rings is 1. The fourth-order valence-corrected chi connectivity index (χ4v) is 3.15. The topological polar surface area (TPSA) is 44.5 Å². The van der Waals surface area contributed by atoms with Gasteiger partial charge < -0.3 is 15.2 Å². The van der Waals surface area contributed by atoms with Crippen molar-refractivity contribution in [2.75, 3.05) is 12.3 Å². The predicted molar refractivity (Wildman–Crippen MR) is 71.7 cm³/mol. The van der Waals surface area contributed by atoms with Gasteiger partial charge in [0.2, 0.25) is 0 Å². The average Bonchev–Trinajstić information content (AvgIpc) is 3.00. The molecule has 3 heteroatoms. The van der Waals surface area contributed by atoms with Crippen LogP contribution in [0.3, 0.4) is 0 Å². The van der Waals surface area contributed by atoms with Crippen LogP contribution in [0.1, 0.15) is 38.5 Å². The molecule has 1 unspecified atom stereocenters. The first kappa shape index (κ1) is 11.8. The molecule has 3 rings (SSSR count). The third-order valence-corrected chi connectivity index (χ3v) is 4.17. The highest BCUT2D eigenvalue weighted by molar-refractivity contribution is 5.41. The van der Waals surface area contributed by atoms with Crippen molar-refractivity contribution in [1.82, 2.24) is 0 Å². The van der Waals surface area contributed by atoms with Crippen LogP contribution in [0.5, 0.6) is 5.75 Å². The zero-order valence-electron chi connectivity index (χ0n) is 10.7. The summed E-state index contributed by atoms with van der Waals surface area (Å²) in [5.74, 6) is 0.875. The Morgan fingerprint density at radius 3 is 2.61 bits per heavy atom. The highest BCUT2D eigenvalue weighted by Gasteiger charge is 2.42. The Morgan fingerprint density at radius 1 is 1.17 bits per heavy atom. The highest BCUT2D eigenvalue weighted by atomic mass is 16.6. The highest BCUT2D eigenvalue weighted by Crippen LogP contribution is 2.43. The summed E-state index contributed by atoms with van der Waals surface area (Å²) in [5.41, 5.74) is 6.61. The van der Waals surface area contributed by atoms with E-state index in [-0.39, 0.29) is 11.7 Å². The molecule has 1 aliphatic carbocycles. The van der Waals surface area contributed by atoms with Crippen molar-refractivity contribution in [2.45, 2.75) is 50.2 Å². The molecule has 1 aliphatic heterocycles. The lowest BCUT2D eigenvalue weighted by Gasteiger charge is -2.23. The minimum absolute atomic E-state index is 0.204. The van der Waals surface area contributed by atoms with Gasteiger partial charge in [0.05, 0.1) is 11.7 Å². The molecule has 1 atom stereocenters. The van der Waals surface area contributed by atoms with E-state index in [4.69, 9.17) is 15.2 Å². The van der Waals surface area contributed by atoms with Crippen LogP contribution < -0.4 is 10.5 Å². The molecule has 0 amide bonds. The fraction of sp³-hybridized carbons (Fsp3) is 0.600. The smallest absolute Gasteiger partial charge is 0.119 e. The maximum atomic E-state index is 6.21. The molecule has 1 saturated carbocycles. The number of hydrogen-bond acceptors (Lipinski definition) is 3. The molecule has 3 nitrogen and oxygen atoms in total. The Morgan fingerprint density at radius 2 is 1.89 bits per heavy atom. The Kier molecular flexibility index (Phi) is 3.16. The van der Waals surface area contributed by atoms with E-state index >= 15 is 0 Å². The third kappa shape index (κ3) is 2.46. The first-order chi connectivity index (χ1) is 8.76. The standard InChI is InChI=1S/C15H21NO2/c16-12-3-5-13(6-4-12)17-11-14-7-10-15(18-14)8-1-2-9-15/h3-6,14H,1-2,7-11,16H2. The van der Waals surface area contributed by atoms with Crippen molar-refractivity contribution >= 4 is 5.69 Å². The molecule has 98 valence electrons. The summed E-state index contributed by atoms with van der Waals surface area (Å²) >= 11 is 0. The second-order valence-corrected chi connectivity index (χ2v) is 5.55. The molecule has 1 aromatic carbocycles. The Labute approximate surface area is 108 Å². The molecule has 2 N–H and O–H groups in total. The van der Waals surface area contributed by atoms with Crippen LogP contribution in [0.25, 0.3) is 0 Å². The van der Waals surface area contributed by atoms with Crippen LogP contribution in [-0.4, -0.2) is 18.3 Å². The van der Waals surface area contributed by atoms with Crippen LogP contribution in [0.4, 0.5) is 5.69 Å². The van der Waals surface area contributed by atoms with Crippen molar-refractivity contribution < 1.29 is 9.47 Å². The molecule has 1 saturated heterocycles. The molecule has 0 bridgehead atoms. The summed E-state index contributed by atoms with van der Waals surface area (Å²) in [6.45, 7) is 0.658. The number of rotatable bonds is 3. The van der Waals surface area contributed by atoms with E-state index in [1.807, 2.05) is 24.3 Å². The number of nitrogens with two attached hydrogens (primary N) is 1. The van der Waals surface area contributed by atoms with E-state index in [2.05, 4.69) is 0 Å². The number of anilines is 1. The first-order valence-corrected chi connectivity index (χ1v) is 6.92. The van der Waals surface area contributed by atoms with Crippen molar-refractivity contribution in [3.63, 3.8) is 0 Å². The molecule has 2 fully saturated rings. The molecular weight excluding hydrogens is 226 g/mol.